The number of carboxylic acid groups (broad SMARTS) is 1. The van der Waals surface area contributed by atoms with Crippen LogP contribution in [0.1, 0.15) is 16.2 Å². The van der Waals surface area contributed by atoms with Gasteiger partial charge in [0.25, 0.3) is 10.1 Å². The predicted molar refractivity (Wildman–Crippen MR) is 45.9 cm³/mol. The van der Waals surface area contributed by atoms with E-state index in [4.69, 9.17) is 10.2 Å². The number of hydrogen-bond donors (Lipinski definition) is 2. The maximum atomic E-state index is 10.8. The summed E-state index contributed by atoms with van der Waals surface area (Å²) < 4.78 is 26.0. The molecule has 0 heterocycles. The quantitative estimate of drug-likeness (QED) is 0.364. The van der Waals surface area contributed by atoms with E-state index in [2.05, 4.69) is 4.18 Å². The van der Waals surface area contributed by atoms with Gasteiger partial charge in [0.15, 0.2) is 6.10 Å². The standard InChI is InChI=1S/C6H12O6S.2Na.2H/c1-2-12-13(10,11)4-3-5(7)6(8)9;;;;/h5,7H,2-4H2,1H3,(H,8,9);;;;/q;2*+1;2*-1. The second-order valence-electron chi connectivity index (χ2n) is 2.31. The van der Waals surface area contributed by atoms with Gasteiger partial charge in [-0.25, -0.2) is 4.79 Å². The van der Waals surface area contributed by atoms with Crippen LogP contribution in [0.4, 0.5) is 0 Å². The van der Waals surface area contributed by atoms with Crippen LogP contribution < -0.4 is 59.1 Å². The van der Waals surface area contributed by atoms with Crippen molar-refractivity contribution in [2.24, 2.45) is 0 Å². The molecule has 0 amide bonds. The summed E-state index contributed by atoms with van der Waals surface area (Å²) in [6.45, 7) is 1.51. The van der Waals surface area contributed by atoms with Crippen molar-refractivity contribution in [2.45, 2.75) is 19.4 Å². The van der Waals surface area contributed by atoms with E-state index in [9.17, 15) is 13.2 Å². The van der Waals surface area contributed by atoms with Crippen LogP contribution in [0.15, 0.2) is 0 Å². The van der Waals surface area contributed by atoms with Crippen molar-refractivity contribution in [3.8, 4) is 0 Å². The first kappa shape index (κ1) is 21.6. The first-order valence-corrected chi connectivity index (χ1v) is 5.24. The molecule has 9 heteroatoms. The van der Waals surface area contributed by atoms with Gasteiger partial charge in [0.05, 0.1) is 12.4 Å². The average molecular weight is 260 g/mol. The number of carbonyl (C=O) groups is 1. The molecule has 0 fully saturated rings. The Morgan fingerprint density at radius 3 is 2.27 bits per heavy atom. The van der Waals surface area contributed by atoms with Gasteiger partial charge in [0.1, 0.15) is 0 Å². The maximum absolute atomic E-state index is 10.8. The van der Waals surface area contributed by atoms with Crippen molar-refractivity contribution in [3.05, 3.63) is 0 Å². The second kappa shape index (κ2) is 10.5. The van der Waals surface area contributed by atoms with Gasteiger partial charge in [-0.3, -0.25) is 4.18 Å². The van der Waals surface area contributed by atoms with Crippen LogP contribution in [-0.4, -0.2) is 43.1 Å². The molecule has 0 saturated heterocycles. The van der Waals surface area contributed by atoms with Crippen molar-refractivity contribution in [1.29, 1.82) is 0 Å². The molecular formula is C6H14Na2O6S. The molecule has 15 heavy (non-hydrogen) atoms. The Balaban J connectivity index is -0.000000120. The minimum Gasteiger partial charge on any atom is -1.00 e. The molecule has 0 aromatic heterocycles. The van der Waals surface area contributed by atoms with E-state index in [-0.39, 0.29) is 75.0 Å². The third-order valence-corrected chi connectivity index (χ3v) is 2.55. The molecular weight excluding hydrogens is 246 g/mol. The molecule has 0 bridgehead atoms. The van der Waals surface area contributed by atoms with E-state index in [0.717, 1.165) is 0 Å². The Morgan fingerprint density at radius 1 is 1.47 bits per heavy atom. The van der Waals surface area contributed by atoms with E-state index in [1.165, 1.54) is 6.92 Å². The molecule has 1 unspecified atom stereocenters. The molecule has 0 spiro atoms. The fourth-order valence-electron chi connectivity index (χ4n) is 0.618. The predicted octanol–water partition coefficient (Wildman–Crippen LogP) is -6.58. The van der Waals surface area contributed by atoms with Crippen LogP contribution in [0.3, 0.4) is 0 Å². The van der Waals surface area contributed by atoms with Crippen LogP contribution in [0.25, 0.3) is 0 Å². The minimum atomic E-state index is -3.68. The first-order chi connectivity index (χ1) is 5.89. The van der Waals surface area contributed by atoms with E-state index < -0.39 is 27.9 Å². The van der Waals surface area contributed by atoms with Gasteiger partial charge in [0, 0.05) is 6.42 Å². The molecule has 0 aliphatic heterocycles. The van der Waals surface area contributed by atoms with Crippen molar-refractivity contribution in [1.82, 2.24) is 0 Å². The Bertz CT molecular complexity index is 274. The third-order valence-electron chi connectivity index (χ3n) is 1.22. The van der Waals surface area contributed by atoms with Crippen molar-refractivity contribution in [2.75, 3.05) is 12.4 Å². The summed E-state index contributed by atoms with van der Waals surface area (Å²) in [7, 11) is -3.68. The van der Waals surface area contributed by atoms with Crippen LogP contribution in [0.2, 0.25) is 0 Å². The number of rotatable bonds is 6. The molecule has 0 radical (unpaired) electrons. The Kier molecular flexibility index (Phi) is 15.1. The zero-order valence-electron chi connectivity index (χ0n) is 11.1. The van der Waals surface area contributed by atoms with E-state index in [0.29, 0.717) is 0 Å². The van der Waals surface area contributed by atoms with Gasteiger partial charge in [-0.2, -0.15) is 8.42 Å². The molecule has 6 nitrogen and oxygen atoms in total. The number of aliphatic hydroxyl groups excluding tert-OH is 1. The van der Waals surface area contributed by atoms with Crippen molar-refractivity contribution < 1.29 is 89.6 Å². The van der Waals surface area contributed by atoms with E-state index >= 15 is 0 Å². The van der Waals surface area contributed by atoms with Gasteiger partial charge < -0.3 is 13.1 Å². The monoisotopic (exact) mass is 260 g/mol. The fraction of sp³-hybridized carbons (Fsp3) is 0.833. The fourth-order valence-corrected chi connectivity index (χ4v) is 1.61. The summed E-state index contributed by atoms with van der Waals surface area (Å²) in [4.78, 5) is 10.1. The molecule has 1 atom stereocenters. The van der Waals surface area contributed by atoms with E-state index in [1.807, 2.05) is 0 Å². The molecule has 0 aromatic carbocycles. The zero-order valence-corrected chi connectivity index (χ0v) is 14.0. The third kappa shape index (κ3) is 11.6. The van der Waals surface area contributed by atoms with Gasteiger partial charge in [0.2, 0.25) is 0 Å². The Labute approximate surface area is 136 Å². The molecule has 2 N–H and O–H groups in total. The van der Waals surface area contributed by atoms with Gasteiger partial charge in [-0.1, -0.05) is 0 Å². The number of hydrogen-bond acceptors (Lipinski definition) is 5. The molecule has 0 rings (SSSR count). The largest absolute Gasteiger partial charge is 1.00 e. The SMILES string of the molecule is CCOS(=O)(=O)CCC(O)C(=O)O.[H-].[H-].[Na+].[Na+]. The second-order valence-corrected chi connectivity index (χ2v) is 4.07. The summed E-state index contributed by atoms with van der Waals surface area (Å²) >= 11 is 0. The molecule has 0 aliphatic rings. The molecule has 0 aliphatic carbocycles. The van der Waals surface area contributed by atoms with Crippen molar-refractivity contribution >= 4 is 16.1 Å². The number of aliphatic hydroxyl groups is 1. The van der Waals surface area contributed by atoms with Crippen LogP contribution in [0, 0.1) is 0 Å². The summed E-state index contributed by atoms with van der Waals surface area (Å²) in [5, 5.41) is 17.0. The van der Waals surface area contributed by atoms with E-state index in [1.54, 1.807) is 0 Å². The average Bonchev–Trinajstić information content (AvgIpc) is 2.00. The molecule has 0 saturated carbocycles. The Morgan fingerprint density at radius 2 is 1.93 bits per heavy atom. The molecule has 0 aromatic rings. The number of carboxylic acids is 1. The Hall–Kier alpha value is 1.34. The summed E-state index contributed by atoms with van der Waals surface area (Å²) in [6, 6.07) is 0. The van der Waals surface area contributed by atoms with Gasteiger partial charge >= 0.3 is 65.1 Å². The normalized spacial score (nSPS) is 12.1. The smallest absolute Gasteiger partial charge is 1.00 e. The van der Waals surface area contributed by atoms with Gasteiger partial charge in [-0.05, 0) is 6.92 Å². The summed E-state index contributed by atoms with van der Waals surface area (Å²) in [5.74, 6) is -1.93. The first-order valence-electron chi connectivity index (χ1n) is 3.67. The van der Waals surface area contributed by atoms with Crippen molar-refractivity contribution in [3.63, 3.8) is 0 Å². The zero-order chi connectivity index (χ0) is 10.5. The van der Waals surface area contributed by atoms with Crippen LogP contribution in [-0.2, 0) is 19.1 Å². The topological polar surface area (TPSA) is 101 Å². The summed E-state index contributed by atoms with van der Waals surface area (Å²) in [5.41, 5.74) is 0. The maximum Gasteiger partial charge on any atom is 1.00 e. The number of aliphatic carboxylic acids is 1. The minimum absolute atomic E-state index is 0. The molecule has 82 valence electrons. The van der Waals surface area contributed by atoms with Crippen LogP contribution >= 0.6 is 0 Å². The van der Waals surface area contributed by atoms with Gasteiger partial charge in [-0.15, -0.1) is 0 Å². The summed E-state index contributed by atoms with van der Waals surface area (Å²) in [6.07, 6.45) is -2.02. The van der Waals surface area contributed by atoms with Crippen LogP contribution in [0.5, 0.6) is 0 Å².